The number of carbonyl (C=O) groups is 1. The molecule has 0 aromatic carbocycles. The van der Waals surface area contributed by atoms with Gasteiger partial charge in [0.05, 0.1) is 35.6 Å². The van der Waals surface area contributed by atoms with Crippen molar-refractivity contribution in [3.8, 4) is 0 Å². The Balaban J connectivity index is 1.77. The molecule has 42 heavy (non-hydrogen) atoms. The quantitative estimate of drug-likeness (QED) is 0.284. The number of aromatic nitrogens is 4. The molecule has 0 unspecified atom stereocenters. The summed E-state index contributed by atoms with van der Waals surface area (Å²) in [4.78, 5) is 19.9. The topological polar surface area (TPSA) is 170 Å². The van der Waals surface area contributed by atoms with Gasteiger partial charge in [-0.15, -0.1) is 10.2 Å². The van der Waals surface area contributed by atoms with Gasteiger partial charge in [0, 0.05) is 20.2 Å². The standard InChI is InChI=1S/C25H42ClN6O8PS/c1-9-15-19(26)32(14-38-41(36,39-24(2,3)4)40-25(5,6)7)20(27-15)21(35)28-16-10-11-31(12-18(16)37-8)23-30-29-22(42-23)17(34)13-33/h16-18,33-34H,9-14H2,1-8H3,(H,28,35)/t16-,17-,18+/m1/s1. The molecule has 0 saturated carbocycles. The van der Waals surface area contributed by atoms with Crippen LogP contribution in [-0.2, 0) is 36.0 Å². The van der Waals surface area contributed by atoms with Crippen molar-refractivity contribution in [3.63, 3.8) is 0 Å². The first-order chi connectivity index (χ1) is 19.5. The van der Waals surface area contributed by atoms with Gasteiger partial charge < -0.3 is 25.2 Å². The summed E-state index contributed by atoms with van der Waals surface area (Å²) in [5, 5.41) is 31.2. The molecule has 17 heteroatoms. The second-order valence-corrected chi connectivity index (χ2v) is 14.6. The number of nitrogens with zero attached hydrogens (tertiary/aromatic N) is 5. The molecule has 0 aliphatic carbocycles. The number of phosphoric ester groups is 1. The molecule has 3 rings (SSSR count). The van der Waals surface area contributed by atoms with E-state index in [0.717, 1.165) is 0 Å². The molecule has 238 valence electrons. The SMILES string of the molecule is CCc1nc(C(=O)N[C@@H]2CCN(c3nnc([C@H](O)CO)s3)C[C@@H]2OC)n(COP(=O)(OC(C)(C)C)OC(C)(C)C)c1Cl. The van der Waals surface area contributed by atoms with Gasteiger partial charge in [-0.3, -0.25) is 22.9 Å². The average molecular weight is 653 g/mol. The van der Waals surface area contributed by atoms with E-state index in [1.54, 1.807) is 48.7 Å². The Bertz CT molecular complexity index is 1240. The Morgan fingerprint density at radius 1 is 1.21 bits per heavy atom. The van der Waals surface area contributed by atoms with Crippen molar-refractivity contribution in [3.05, 3.63) is 21.7 Å². The molecule has 1 aliphatic rings. The van der Waals surface area contributed by atoms with Crippen LogP contribution in [-0.4, -0.2) is 86.0 Å². The Morgan fingerprint density at radius 2 is 1.86 bits per heavy atom. The first-order valence-electron chi connectivity index (χ1n) is 13.6. The Hall–Kier alpha value is -1.68. The van der Waals surface area contributed by atoms with Crippen LogP contribution in [0.5, 0.6) is 0 Å². The number of halogens is 1. The second kappa shape index (κ2) is 14.0. The minimum atomic E-state index is -4.09. The fraction of sp³-hybridized carbons (Fsp3) is 0.760. The molecule has 2 aromatic rings. The molecular weight excluding hydrogens is 611 g/mol. The zero-order chi connectivity index (χ0) is 31.5. The first-order valence-corrected chi connectivity index (χ1v) is 16.3. The zero-order valence-electron chi connectivity index (χ0n) is 25.3. The van der Waals surface area contributed by atoms with Crippen molar-refractivity contribution >= 4 is 41.8 Å². The number of phosphoric acid groups is 1. The van der Waals surface area contributed by atoms with Gasteiger partial charge >= 0.3 is 7.82 Å². The summed E-state index contributed by atoms with van der Waals surface area (Å²) in [6.07, 6.45) is -0.525. The van der Waals surface area contributed by atoms with Gasteiger partial charge in [-0.2, -0.15) is 0 Å². The number of hydrogen-bond acceptors (Lipinski definition) is 13. The fourth-order valence-corrected chi connectivity index (χ4v) is 7.07. The van der Waals surface area contributed by atoms with Crippen molar-refractivity contribution in [2.75, 3.05) is 31.7 Å². The van der Waals surface area contributed by atoms with Gasteiger partial charge in [0.1, 0.15) is 23.0 Å². The number of carbonyl (C=O) groups excluding carboxylic acids is 1. The van der Waals surface area contributed by atoms with E-state index in [2.05, 4.69) is 20.5 Å². The maximum Gasteiger partial charge on any atom is 0.477 e. The van der Waals surface area contributed by atoms with Gasteiger partial charge in [-0.25, -0.2) is 9.55 Å². The normalized spacial score (nSPS) is 19.3. The number of anilines is 1. The summed E-state index contributed by atoms with van der Waals surface area (Å²) in [7, 11) is -2.54. The number of rotatable bonds is 12. The number of amides is 1. The van der Waals surface area contributed by atoms with Crippen LogP contribution in [0.4, 0.5) is 5.13 Å². The summed E-state index contributed by atoms with van der Waals surface area (Å²) < 4.78 is 37.7. The van der Waals surface area contributed by atoms with Gasteiger partial charge in [0.2, 0.25) is 11.0 Å². The number of ether oxygens (including phenoxy) is 1. The van der Waals surface area contributed by atoms with Crippen LogP contribution in [0.15, 0.2) is 0 Å². The van der Waals surface area contributed by atoms with Crippen molar-refractivity contribution in [1.82, 2.24) is 25.1 Å². The van der Waals surface area contributed by atoms with Crippen LogP contribution in [0, 0.1) is 0 Å². The van der Waals surface area contributed by atoms with Crippen molar-refractivity contribution in [2.45, 2.75) is 97.5 Å². The number of aliphatic hydroxyl groups is 2. The molecule has 2 aromatic heterocycles. The molecule has 0 bridgehead atoms. The maximum atomic E-state index is 13.6. The van der Waals surface area contributed by atoms with E-state index in [4.69, 9.17) is 29.9 Å². The Labute approximate surface area is 255 Å². The van der Waals surface area contributed by atoms with Crippen LogP contribution in [0.1, 0.15) is 82.3 Å². The highest BCUT2D eigenvalue weighted by Crippen LogP contribution is 2.55. The summed E-state index contributed by atoms with van der Waals surface area (Å²) >= 11 is 7.77. The zero-order valence-corrected chi connectivity index (χ0v) is 27.8. The number of imidazole rings is 1. The highest BCUT2D eigenvalue weighted by atomic mass is 35.5. The van der Waals surface area contributed by atoms with Gasteiger partial charge in [-0.1, -0.05) is 29.9 Å². The minimum absolute atomic E-state index is 0.0149. The average Bonchev–Trinajstić information content (AvgIpc) is 3.50. The highest BCUT2D eigenvalue weighted by Gasteiger charge is 2.38. The maximum absolute atomic E-state index is 13.6. The van der Waals surface area contributed by atoms with Crippen molar-refractivity contribution < 1.29 is 37.9 Å². The van der Waals surface area contributed by atoms with Crippen LogP contribution in [0.2, 0.25) is 5.15 Å². The molecule has 0 radical (unpaired) electrons. The molecule has 1 amide bonds. The lowest BCUT2D eigenvalue weighted by Gasteiger charge is -2.37. The van der Waals surface area contributed by atoms with E-state index in [1.165, 1.54) is 15.9 Å². The van der Waals surface area contributed by atoms with Gasteiger partial charge in [-0.05, 0) is 54.4 Å². The van der Waals surface area contributed by atoms with E-state index in [9.17, 15) is 19.6 Å². The molecular formula is C25H42ClN6O8PS. The third-order valence-corrected chi connectivity index (χ3v) is 9.44. The smallest absolute Gasteiger partial charge is 0.393 e. The van der Waals surface area contributed by atoms with E-state index in [-0.39, 0.29) is 17.0 Å². The van der Waals surface area contributed by atoms with Crippen LogP contribution in [0.25, 0.3) is 0 Å². The minimum Gasteiger partial charge on any atom is -0.393 e. The molecule has 1 fully saturated rings. The second-order valence-electron chi connectivity index (χ2n) is 11.8. The van der Waals surface area contributed by atoms with Crippen molar-refractivity contribution in [1.29, 1.82) is 0 Å². The van der Waals surface area contributed by atoms with Gasteiger partial charge in [0.25, 0.3) is 5.91 Å². The van der Waals surface area contributed by atoms with E-state index < -0.39 is 50.5 Å². The lowest BCUT2D eigenvalue weighted by Crippen LogP contribution is -2.55. The third kappa shape index (κ3) is 9.16. The number of hydrogen-bond donors (Lipinski definition) is 3. The van der Waals surface area contributed by atoms with Crippen LogP contribution < -0.4 is 10.2 Å². The largest absolute Gasteiger partial charge is 0.477 e. The fourth-order valence-electron chi connectivity index (χ4n) is 4.16. The van der Waals surface area contributed by atoms with Crippen molar-refractivity contribution in [2.24, 2.45) is 0 Å². The summed E-state index contributed by atoms with van der Waals surface area (Å²) in [6.45, 7) is 12.3. The lowest BCUT2D eigenvalue weighted by molar-refractivity contribution is -0.00651. The molecule has 3 atom stereocenters. The first kappa shape index (κ1) is 34.8. The lowest BCUT2D eigenvalue weighted by atomic mass is 10.0. The van der Waals surface area contributed by atoms with E-state index in [0.29, 0.717) is 41.8 Å². The number of aliphatic hydroxyl groups excluding tert-OH is 2. The van der Waals surface area contributed by atoms with E-state index >= 15 is 0 Å². The molecule has 3 heterocycles. The summed E-state index contributed by atoms with van der Waals surface area (Å²) in [6, 6.07) is -0.372. The Kier molecular flexibility index (Phi) is 11.6. The molecule has 3 N–H and O–H groups in total. The summed E-state index contributed by atoms with van der Waals surface area (Å²) in [5.41, 5.74) is -1.20. The number of piperidine rings is 1. The Morgan fingerprint density at radius 3 is 2.40 bits per heavy atom. The number of methoxy groups -OCH3 is 1. The predicted molar refractivity (Wildman–Crippen MR) is 158 cm³/mol. The number of aryl methyl sites for hydroxylation is 1. The molecule has 14 nitrogen and oxygen atoms in total. The predicted octanol–water partition coefficient (Wildman–Crippen LogP) is 3.71. The molecule has 0 spiro atoms. The molecule has 1 aliphatic heterocycles. The highest BCUT2D eigenvalue weighted by molar-refractivity contribution is 7.48. The van der Waals surface area contributed by atoms with E-state index in [1.807, 2.05) is 11.8 Å². The summed E-state index contributed by atoms with van der Waals surface area (Å²) in [5.74, 6) is -0.521. The van der Waals surface area contributed by atoms with Crippen LogP contribution in [0.3, 0.4) is 0 Å². The van der Waals surface area contributed by atoms with Gasteiger partial charge in [0.15, 0.2) is 0 Å². The monoisotopic (exact) mass is 652 g/mol. The molecule has 1 saturated heterocycles. The number of nitrogens with one attached hydrogen (secondary N) is 1. The third-order valence-electron chi connectivity index (χ3n) is 5.96. The van der Waals surface area contributed by atoms with Crippen LogP contribution >= 0.6 is 30.8 Å².